The van der Waals surface area contributed by atoms with Crippen LogP contribution in [-0.4, -0.2) is 55.8 Å². The lowest BCUT2D eigenvalue weighted by Gasteiger charge is -2.15. The maximum Gasteiger partial charge on any atom is 0.306 e. The molecule has 0 aromatic heterocycles. The van der Waals surface area contributed by atoms with E-state index in [1.165, 1.54) is 7.11 Å². The molecule has 0 aliphatic heterocycles. The number of halogens is 1. The third-order valence-corrected chi connectivity index (χ3v) is 2.20. The van der Waals surface area contributed by atoms with Crippen molar-refractivity contribution in [3.8, 4) is 0 Å². The highest BCUT2D eigenvalue weighted by molar-refractivity contribution is 14.1. The Bertz CT molecular complexity index is 155. The van der Waals surface area contributed by atoms with Crippen molar-refractivity contribution in [2.45, 2.75) is 6.42 Å². The summed E-state index contributed by atoms with van der Waals surface area (Å²) in [6, 6.07) is 0. The van der Waals surface area contributed by atoms with Gasteiger partial charge in [-0.25, -0.2) is 0 Å². The molecular formula is C9H18INO3. The largest absolute Gasteiger partial charge is 0.469 e. The van der Waals surface area contributed by atoms with Crippen LogP contribution in [0.25, 0.3) is 0 Å². The van der Waals surface area contributed by atoms with E-state index in [-0.39, 0.29) is 5.97 Å². The standard InChI is InChI=1S/C9H18INO3/c1-11(5-3-9(12)13-2)6-8-14-7-4-10/h3-8H2,1-2H3. The van der Waals surface area contributed by atoms with Crippen LogP contribution >= 0.6 is 22.6 Å². The average molecular weight is 315 g/mol. The summed E-state index contributed by atoms with van der Waals surface area (Å²) in [7, 11) is 3.38. The molecule has 84 valence electrons. The van der Waals surface area contributed by atoms with Gasteiger partial charge in [0.25, 0.3) is 0 Å². The first kappa shape index (κ1) is 14.1. The Morgan fingerprint density at radius 3 is 2.64 bits per heavy atom. The van der Waals surface area contributed by atoms with E-state index in [1.54, 1.807) is 0 Å². The summed E-state index contributed by atoms with van der Waals surface area (Å²) in [6.45, 7) is 3.10. The number of nitrogens with zero attached hydrogens (tertiary/aromatic N) is 1. The predicted octanol–water partition coefficient (Wildman–Crippen LogP) is 0.933. The van der Waals surface area contributed by atoms with Crippen LogP contribution in [0.1, 0.15) is 6.42 Å². The molecule has 0 radical (unpaired) electrons. The van der Waals surface area contributed by atoms with Crippen molar-refractivity contribution in [1.82, 2.24) is 4.90 Å². The highest BCUT2D eigenvalue weighted by atomic mass is 127. The molecule has 5 heteroatoms. The average Bonchev–Trinajstić information content (AvgIpc) is 2.21. The molecular weight excluding hydrogens is 297 g/mol. The Kier molecular flexibility index (Phi) is 9.75. The summed E-state index contributed by atoms with van der Waals surface area (Å²) < 4.78 is 10.9. The van der Waals surface area contributed by atoms with Crippen LogP contribution in [0.3, 0.4) is 0 Å². The summed E-state index contributed by atoms with van der Waals surface area (Å²) in [5.74, 6) is -0.162. The Hall–Kier alpha value is 0.120. The zero-order chi connectivity index (χ0) is 10.8. The maximum absolute atomic E-state index is 10.8. The number of likely N-dealkylation sites (N-methyl/N-ethyl adjacent to an activating group) is 1. The lowest BCUT2D eigenvalue weighted by atomic mass is 10.4. The molecule has 0 N–H and O–H groups in total. The van der Waals surface area contributed by atoms with Gasteiger partial charge in [-0.3, -0.25) is 4.79 Å². The third kappa shape index (κ3) is 8.71. The Balaban J connectivity index is 3.27. The van der Waals surface area contributed by atoms with E-state index in [4.69, 9.17) is 4.74 Å². The van der Waals surface area contributed by atoms with Crippen LogP contribution in [-0.2, 0) is 14.3 Å². The van der Waals surface area contributed by atoms with Crippen molar-refractivity contribution in [1.29, 1.82) is 0 Å². The molecule has 0 rings (SSSR count). The summed E-state index contributed by atoms with van der Waals surface area (Å²) in [5, 5.41) is 0. The first-order valence-electron chi connectivity index (χ1n) is 4.59. The van der Waals surface area contributed by atoms with E-state index in [2.05, 4.69) is 32.2 Å². The van der Waals surface area contributed by atoms with Crippen LogP contribution < -0.4 is 0 Å². The molecule has 0 aliphatic carbocycles. The highest BCUT2D eigenvalue weighted by Crippen LogP contribution is 1.90. The zero-order valence-corrected chi connectivity index (χ0v) is 11.0. The smallest absolute Gasteiger partial charge is 0.306 e. The highest BCUT2D eigenvalue weighted by Gasteiger charge is 2.03. The summed E-state index contributed by atoms with van der Waals surface area (Å²) in [5.41, 5.74) is 0. The number of carbonyl (C=O) groups excluding carboxylic acids is 1. The van der Waals surface area contributed by atoms with Gasteiger partial charge in [-0.05, 0) is 7.05 Å². The molecule has 0 heterocycles. The van der Waals surface area contributed by atoms with Gasteiger partial charge in [-0.1, -0.05) is 22.6 Å². The van der Waals surface area contributed by atoms with E-state index < -0.39 is 0 Å². The molecule has 0 bridgehead atoms. The first-order chi connectivity index (χ1) is 6.70. The second-order valence-electron chi connectivity index (χ2n) is 2.93. The van der Waals surface area contributed by atoms with Crippen LogP contribution in [0.2, 0.25) is 0 Å². The Morgan fingerprint density at radius 1 is 1.36 bits per heavy atom. The monoisotopic (exact) mass is 315 g/mol. The molecule has 0 aromatic rings. The molecule has 0 saturated carbocycles. The van der Waals surface area contributed by atoms with Gasteiger partial charge < -0.3 is 14.4 Å². The van der Waals surface area contributed by atoms with Crippen molar-refractivity contribution in [3.05, 3.63) is 0 Å². The zero-order valence-electron chi connectivity index (χ0n) is 8.79. The number of carbonyl (C=O) groups is 1. The van der Waals surface area contributed by atoms with Crippen LogP contribution in [0.15, 0.2) is 0 Å². The SMILES string of the molecule is COC(=O)CCN(C)CCOCCI. The molecule has 0 aromatic carbocycles. The fourth-order valence-corrected chi connectivity index (χ4v) is 1.18. The van der Waals surface area contributed by atoms with Gasteiger partial charge in [0.2, 0.25) is 0 Å². The fraction of sp³-hybridized carbons (Fsp3) is 0.889. The fourth-order valence-electron chi connectivity index (χ4n) is 0.873. The second kappa shape index (κ2) is 9.67. The normalized spacial score (nSPS) is 10.6. The number of ether oxygens (including phenoxy) is 2. The van der Waals surface area contributed by atoms with Crippen LogP contribution in [0, 0.1) is 0 Å². The first-order valence-corrected chi connectivity index (χ1v) is 6.12. The minimum absolute atomic E-state index is 0.162. The minimum atomic E-state index is -0.162. The van der Waals surface area contributed by atoms with Crippen molar-refractivity contribution in [2.75, 3.05) is 44.9 Å². The molecule has 0 atom stereocenters. The van der Waals surface area contributed by atoms with E-state index >= 15 is 0 Å². The number of methoxy groups -OCH3 is 1. The Morgan fingerprint density at radius 2 is 2.07 bits per heavy atom. The Labute approximate surface area is 99.1 Å². The topological polar surface area (TPSA) is 38.8 Å². The lowest BCUT2D eigenvalue weighted by Crippen LogP contribution is -2.26. The molecule has 0 saturated heterocycles. The van der Waals surface area contributed by atoms with Gasteiger partial charge in [0.1, 0.15) is 0 Å². The number of hydrogen-bond acceptors (Lipinski definition) is 4. The summed E-state index contributed by atoms with van der Waals surface area (Å²) in [4.78, 5) is 12.9. The minimum Gasteiger partial charge on any atom is -0.469 e. The summed E-state index contributed by atoms with van der Waals surface area (Å²) in [6.07, 6.45) is 0.444. The predicted molar refractivity (Wildman–Crippen MR) is 63.8 cm³/mol. The lowest BCUT2D eigenvalue weighted by molar-refractivity contribution is -0.140. The van der Waals surface area contributed by atoms with Crippen molar-refractivity contribution in [3.63, 3.8) is 0 Å². The molecule has 14 heavy (non-hydrogen) atoms. The van der Waals surface area contributed by atoms with Crippen molar-refractivity contribution < 1.29 is 14.3 Å². The number of alkyl halides is 1. The van der Waals surface area contributed by atoms with Gasteiger partial charge in [-0.15, -0.1) is 0 Å². The molecule has 0 unspecified atom stereocenters. The maximum atomic E-state index is 10.8. The van der Waals surface area contributed by atoms with Gasteiger partial charge in [0, 0.05) is 17.5 Å². The molecule has 4 nitrogen and oxygen atoms in total. The van der Waals surface area contributed by atoms with Crippen molar-refractivity contribution in [2.24, 2.45) is 0 Å². The van der Waals surface area contributed by atoms with E-state index in [9.17, 15) is 4.79 Å². The van der Waals surface area contributed by atoms with Crippen LogP contribution in [0.5, 0.6) is 0 Å². The van der Waals surface area contributed by atoms with E-state index in [0.717, 1.165) is 30.7 Å². The van der Waals surface area contributed by atoms with Gasteiger partial charge in [0.15, 0.2) is 0 Å². The molecule has 0 aliphatic rings. The van der Waals surface area contributed by atoms with E-state index in [1.807, 2.05) is 7.05 Å². The quantitative estimate of drug-likeness (QED) is 0.289. The molecule has 0 fully saturated rings. The number of esters is 1. The number of hydrogen-bond donors (Lipinski definition) is 0. The number of rotatable bonds is 8. The molecule has 0 amide bonds. The second-order valence-corrected chi connectivity index (χ2v) is 4.01. The van der Waals surface area contributed by atoms with Crippen molar-refractivity contribution >= 4 is 28.6 Å². The van der Waals surface area contributed by atoms with Gasteiger partial charge >= 0.3 is 5.97 Å². The van der Waals surface area contributed by atoms with Crippen LogP contribution in [0.4, 0.5) is 0 Å². The summed E-state index contributed by atoms with van der Waals surface area (Å²) >= 11 is 2.27. The van der Waals surface area contributed by atoms with E-state index in [0.29, 0.717) is 6.42 Å². The van der Waals surface area contributed by atoms with Gasteiger partial charge in [0.05, 0.1) is 26.7 Å². The van der Waals surface area contributed by atoms with Gasteiger partial charge in [-0.2, -0.15) is 0 Å². The molecule has 0 spiro atoms. The third-order valence-electron chi connectivity index (χ3n) is 1.76.